The summed E-state index contributed by atoms with van der Waals surface area (Å²) in [6.07, 6.45) is 7.43. The number of carboxylic acid groups (broad SMARTS) is 1. The number of nitrogens with one attached hydrogen (secondary N) is 1. The first kappa shape index (κ1) is 31.0. The van der Waals surface area contributed by atoms with Gasteiger partial charge in [-0.05, 0) is 59.7 Å². The van der Waals surface area contributed by atoms with Gasteiger partial charge in [0.25, 0.3) is 0 Å². The zero-order valence-electron chi connectivity index (χ0n) is 26.1. The van der Waals surface area contributed by atoms with E-state index in [-0.39, 0.29) is 30.4 Å². The van der Waals surface area contributed by atoms with E-state index < -0.39 is 17.4 Å². The average molecular weight is 617 g/mol. The molecule has 1 saturated heterocycles. The minimum Gasteiger partial charge on any atom is -0.480 e. The Balaban J connectivity index is 1.23. The van der Waals surface area contributed by atoms with Gasteiger partial charge in [-0.3, -0.25) is 14.6 Å². The molecule has 2 amide bonds. The van der Waals surface area contributed by atoms with Crippen molar-refractivity contribution in [1.29, 1.82) is 0 Å². The van der Waals surface area contributed by atoms with Crippen molar-refractivity contribution in [3.8, 4) is 0 Å². The van der Waals surface area contributed by atoms with Crippen molar-refractivity contribution in [2.24, 2.45) is 0 Å². The van der Waals surface area contributed by atoms with Gasteiger partial charge in [0.2, 0.25) is 11.8 Å². The van der Waals surface area contributed by atoms with Crippen molar-refractivity contribution in [1.82, 2.24) is 15.2 Å². The number of nitrogens with zero attached hydrogens (tertiary/aromatic N) is 3. The molecule has 0 radical (unpaired) electrons. The van der Waals surface area contributed by atoms with E-state index in [0.717, 1.165) is 40.8 Å². The summed E-state index contributed by atoms with van der Waals surface area (Å²) < 4.78 is 0. The van der Waals surface area contributed by atoms with Crippen LogP contribution in [0.5, 0.6) is 0 Å². The van der Waals surface area contributed by atoms with Crippen LogP contribution < -0.4 is 10.2 Å². The van der Waals surface area contributed by atoms with Crippen LogP contribution in [0.2, 0.25) is 0 Å². The number of rotatable bonds is 10. The fourth-order valence-corrected chi connectivity index (χ4v) is 7.30. The molecule has 6 rings (SSSR count). The van der Waals surface area contributed by atoms with Crippen molar-refractivity contribution < 1.29 is 19.5 Å². The second-order valence-electron chi connectivity index (χ2n) is 12.5. The molecule has 2 heterocycles. The number of benzene rings is 3. The summed E-state index contributed by atoms with van der Waals surface area (Å²) in [6, 6.07) is 30.4. The lowest BCUT2D eigenvalue weighted by atomic mass is 9.77. The first-order valence-corrected chi connectivity index (χ1v) is 16.0. The maximum atomic E-state index is 13.7. The highest BCUT2D eigenvalue weighted by Crippen LogP contribution is 2.42. The molecule has 46 heavy (non-hydrogen) atoms. The number of amides is 2. The van der Waals surface area contributed by atoms with Gasteiger partial charge in [-0.25, -0.2) is 4.79 Å². The van der Waals surface area contributed by atoms with E-state index in [2.05, 4.69) is 15.2 Å². The van der Waals surface area contributed by atoms with Crippen molar-refractivity contribution in [3.05, 3.63) is 132 Å². The second-order valence-corrected chi connectivity index (χ2v) is 12.5. The number of carboxylic acids is 1. The number of hydrogen-bond acceptors (Lipinski definition) is 5. The first-order valence-electron chi connectivity index (χ1n) is 16.0. The van der Waals surface area contributed by atoms with Crippen molar-refractivity contribution in [2.75, 3.05) is 11.4 Å². The maximum Gasteiger partial charge on any atom is 0.326 e. The van der Waals surface area contributed by atoms with E-state index in [4.69, 9.17) is 0 Å². The molecule has 2 fully saturated rings. The zero-order chi connectivity index (χ0) is 32.1. The Hall–Kier alpha value is -4.98. The van der Waals surface area contributed by atoms with Gasteiger partial charge in [0, 0.05) is 38.0 Å². The molecule has 3 aromatic carbocycles. The Morgan fingerprint density at radius 1 is 0.891 bits per heavy atom. The van der Waals surface area contributed by atoms with E-state index >= 15 is 0 Å². The molecule has 3 atom stereocenters. The number of hydrogen-bond donors (Lipinski definition) is 2. The van der Waals surface area contributed by atoms with Gasteiger partial charge in [-0.15, -0.1) is 0 Å². The van der Waals surface area contributed by atoms with Gasteiger partial charge in [0.1, 0.15) is 12.2 Å². The highest BCUT2D eigenvalue weighted by Gasteiger charge is 2.44. The number of pyridine rings is 1. The number of aliphatic carboxylic acids is 1. The summed E-state index contributed by atoms with van der Waals surface area (Å²) in [6.45, 7) is 2.25. The predicted octanol–water partition coefficient (Wildman–Crippen LogP) is 5.68. The van der Waals surface area contributed by atoms with Gasteiger partial charge in [0.15, 0.2) is 0 Å². The van der Waals surface area contributed by atoms with Crippen LogP contribution in [0.15, 0.2) is 109 Å². The molecule has 0 bridgehead atoms. The van der Waals surface area contributed by atoms with Gasteiger partial charge >= 0.3 is 5.97 Å². The molecule has 4 aromatic rings. The number of aromatic nitrogens is 1. The molecular formula is C38H40N4O4. The fourth-order valence-electron chi connectivity index (χ4n) is 7.30. The van der Waals surface area contributed by atoms with Crippen LogP contribution >= 0.6 is 0 Å². The number of carbonyl (C=O) groups is 3. The monoisotopic (exact) mass is 616 g/mol. The smallest absolute Gasteiger partial charge is 0.326 e. The molecule has 1 aromatic heterocycles. The molecule has 8 heteroatoms. The summed E-state index contributed by atoms with van der Waals surface area (Å²) in [5.41, 5.74) is 4.07. The largest absolute Gasteiger partial charge is 0.480 e. The normalized spacial score (nSPS) is 19.5. The Kier molecular flexibility index (Phi) is 9.15. The summed E-state index contributed by atoms with van der Waals surface area (Å²) in [7, 11) is 0. The quantitative estimate of drug-likeness (QED) is 0.238. The molecule has 8 nitrogen and oxygen atoms in total. The Morgan fingerprint density at radius 2 is 1.57 bits per heavy atom. The predicted molar refractivity (Wildman–Crippen MR) is 177 cm³/mol. The van der Waals surface area contributed by atoms with E-state index in [1.807, 2.05) is 108 Å². The molecule has 2 N–H and O–H groups in total. The minimum absolute atomic E-state index is 0.00237. The third-order valence-electron chi connectivity index (χ3n) is 9.54. The van der Waals surface area contributed by atoms with E-state index in [0.29, 0.717) is 25.8 Å². The van der Waals surface area contributed by atoms with E-state index in [1.165, 1.54) is 0 Å². The summed E-state index contributed by atoms with van der Waals surface area (Å²) in [5, 5.41) is 13.0. The van der Waals surface area contributed by atoms with Crippen LogP contribution in [0, 0.1) is 0 Å². The minimum atomic E-state index is -1.06. The highest BCUT2D eigenvalue weighted by molar-refractivity contribution is 5.92. The summed E-state index contributed by atoms with van der Waals surface area (Å²) in [5.74, 6) is -1.28. The zero-order valence-corrected chi connectivity index (χ0v) is 26.1. The molecule has 236 valence electrons. The van der Waals surface area contributed by atoms with E-state index in [9.17, 15) is 19.5 Å². The topological polar surface area (TPSA) is 103 Å². The van der Waals surface area contributed by atoms with Gasteiger partial charge < -0.3 is 20.2 Å². The molecule has 2 unspecified atom stereocenters. The van der Waals surface area contributed by atoms with Crippen LogP contribution in [0.25, 0.3) is 0 Å². The van der Waals surface area contributed by atoms with Crippen LogP contribution in [0.1, 0.15) is 61.0 Å². The van der Waals surface area contributed by atoms with Crippen LogP contribution in [0.3, 0.4) is 0 Å². The maximum absolute atomic E-state index is 13.7. The van der Waals surface area contributed by atoms with Crippen molar-refractivity contribution in [2.45, 2.75) is 69.1 Å². The lowest BCUT2D eigenvalue weighted by molar-refractivity contribution is -0.142. The lowest BCUT2D eigenvalue weighted by Crippen LogP contribution is -2.50. The molecule has 1 aliphatic carbocycles. The molecule has 1 aliphatic heterocycles. The van der Waals surface area contributed by atoms with Gasteiger partial charge in [-0.2, -0.15) is 0 Å². The number of anilines is 1. The third kappa shape index (κ3) is 6.38. The van der Waals surface area contributed by atoms with Crippen LogP contribution in [-0.2, 0) is 32.6 Å². The van der Waals surface area contributed by atoms with Gasteiger partial charge in [-0.1, -0.05) is 91.7 Å². The highest BCUT2D eigenvalue weighted by atomic mass is 16.4. The fraction of sp³-hybridized carbons (Fsp3) is 0.316. The Bertz CT molecular complexity index is 1640. The third-order valence-corrected chi connectivity index (χ3v) is 9.54. The van der Waals surface area contributed by atoms with Gasteiger partial charge in [0.05, 0.1) is 11.5 Å². The SMILES string of the molecule is CC(=O)N1C(c2ccccc2)N(c2ccc(CC(NC(=O)C3(c4ccccc4)CCCC3)C(=O)O)cc2)C[C@H]1Cc1cccnc1. The Labute approximate surface area is 270 Å². The number of carbonyl (C=O) groups excluding carboxylic acids is 2. The molecular weight excluding hydrogens is 576 g/mol. The Morgan fingerprint density at radius 3 is 2.17 bits per heavy atom. The van der Waals surface area contributed by atoms with Crippen LogP contribution in [0.4, 0.5) is 5.69 Å². The molecule has 0 spiro atoms. The first-order chi connectivity index (χ1) is 22.4. The standard InChI is InChI=1S/C38H40N4O4/c1-27(43)42-33(23-29-11-10-22-39-25-29)26-41(35(42)30-12-4-2-5-13-30)32-18-16-28(17-19-32)24-34(36(44)45)40-37(46)38(20-8-9-21-38)31-14-6-3-7-15-31/h2-7,10-19,22,25,33-35H,8-9,20-21,23-24,26H2,1H3,(H,40,46)(H,44,45)/t33-,34?,35?/m1/s1. The van der Waals surface area contributed by atoms with Crippen molar-refractivity contribution >= 4 is 23.5 Å². The van der Waals surface area contributed by atoms with E-state index in [1.54, 1.807) is 13.1 Å². The second kappa shape index (κ2) is 13.6. The van der Waals surface area contributed by atoms with Crippen molar-refractivity contribution in [3.63, 3.8) is 0 Å². The van der Waals surface area contributed by atoms with Crippen LogP contribution in [-0.4, -0.2) is 51.4 Å². The molecule has 2 aliphatic rings. The average Bonchev–Trinajstić information content (AvgIpc) is 3.73. The lowest BCUT2D eigenvalue weighted by Gasteiger charge is -2.33. The molecule has 1 saturated carbocycles. The summed E-state index contributed by atoms with van der Waals surface area (Å²) >= 11 is 0. The summed E-state index contributed by atoms with van der Waals surface area (Å²) in [4.78, 5) is 47.7.